The molecule has 0 saturated heterocycles. The lowest BCUT2D eigenvalue weighted by molar-refractivity contribution is -0.142. The molecule has 0 spiro atoms. The molecular weight excluding hydrogens is 238 g/mol. The minimum absolute atomic E-state index is 0.123. The Labute approximate surface area is 107 Å². The van der Waals surface area contributed by atoms with Gasteiger partial charge in [-0.2, -0.15) is 0 Å². The summed E-state index contributed by atoms with van der Waals surface area (Å²) in [4.78, 5) is 11.1. The van der Waals surface area contributed by atoms with Crippen LogP contribution in [0.15, 0.2) is 24.3 Å². The number of benzene rings is 1. The van der Waals surface area contributed by atoms with Gasteiger partial charge in [0.2, 0.25) is 0 Å². The van der Waals surface area contributed by atoms with Gasteiger partial charge in [-0.25, -0.2) is 0 Å². The van der Waals surface area contributed by atoms with Crippen molar-refractivity contribution in [1.82, 2.24) is 5.32 Å². The molecular formula is C13H18ClNO2. The predicted octanol–water partition coefficient (Wildman–Crippen LogP) is 2.94. The maximum absolute atomic E-state index is 11.1. The van der Waals surface area contributed by atoms with Crippen LogP contribution in [0.1, 0.15) is 31.9 Å². The van der Waals surface area contributed by atoms with E-state index in [1.54, 1.807) is 6.92 Å². The number of halogens is 1. The zero-order chi connectivity index (χ0) is 12.7. The summed E-state index contributed by atoms with van der Waals surface area (Å²) in [5.74, 6) is -0.175. The van der Waals surface area contributed by atoms with E-state index in [1.165, 1.54) is 0 Å². The third kappa shape index (κ3) is 4.75. The number of carbonyl (C=O) groups is 1. The van der Waals surface area contributed by atoms with E-state index in [1.807, 2.05) is 31.2 Å². The van der Waals surface area contributed by atoms with E-state index in [4.69, 9.17) is 16.3 Å². The molecule has 1 aromatic rings. The van der Waals surface area contributed by atoms with Gasteiger partial charge in [-0.3, -0.25) is 4.79 Å². The molecule has 0 unspecified atom stereocenters. The van der Waals surface area contributed by atoms with Crippen LogP contribution >= 0.6 is 11.6 Å². The first-order valence-corrected chi connectivity index (χ1v) is 6.16. The van der Waals surface area contributed by atoms with Gasteiger partial charge >= 0.3 is 5.97 Å². The first-order chi connectivity index (χ1) is 8.15. The summed E-state index contributed by atoms with van der Waals surface area (Å²) < 4.78 is 4.85. The van der Waals surface area contributed by atoms with Crippen LogP contribution in [0.5, 0.6) is 0 Å². The van der Waals surface area contributed by atoms with Gasteiger partial charge in [-0.15, -0.1) is 0 Å². The van der Waals surface area contributed by atoms with Gasteiger partial charge in [-0.05, 0) is 25.5 Å². The Kier molecular flexibility index (Phi) is 6.01. The molecule has 0 aliphatic heterocycles. The zero-order valence-corrected chi connectivity index (χ0v) is 11.0. The van der Waals surface area contributed by atoms with Gasteiger partial charge in [0.1, 0.15) is 0 Å². The average molecular weight is 256 g/mol. The second-order valence-corrected chi connectivity index (χ2v) is 4.16. The van der Waals surface area contributed by atoms with Gasteiger partial charge in [-0.1, -0.05) is 29.8 Å². The molecule has 0 radical (unpaired) electrons. The SMILES string of the molecule is CCOC(=O)CCN[C@@H](C)c1ccccc1Cl. The summed E-state index contributed by atoms with van der Waals surface area (Å²) in [6.45, 7) is 4.84. The molecule has 17 heavy (non-hydrogen) atoms. The smallest absolute Gasteiger partial charge is 0.307 e. The highest BCUT2D eigenvalue weighted by Crippen LogP contribution is 2.21. The predicted molar refractivity (Wildman–Crippen MR) is 69.1 cm³/mol. The van der Waals surface area contributed by atoms with E-state index in [-0.39, 0.29) is 12.0 Å². The van der Waals surface area contributed by atoms with Crippen LogP contribution in [0.25, 0.3) is 0 Å². The molecule has 0 aromatic heterocycles. The minimum Gasteiger partial charge on any atom is -0.466 e. The Bertz CT molecular complexity index is 368. The third-order valence-electron chi connectivity index (χ3n) is 2.46. The summed E-state index contributed by atoms with van der Waals surface area (Å²) in [5.41, 5.74) is 1.04. The van der Waals surface area contributed by atoms with E-state index in [2.05, 4.69) is 5.32 Å². The van der Waals surface area contributed by atoms with E-state index in [9.17, 15) is 4.79 Å². The molecule has 94 valence electrons. The maximum atomic E-state index is 11.1. The van der Waals surface area contributed by atoms with Gasteiger partial charge in [0, 0.05) is 17.6 Å². The number of hydrogen-bond donors (Lipinski definition) is 1. The molecule has 0 fully saturated rings. The third-order valence-corrected chi connectivity index (χ3v) is 2.80. The van der Waals surface area contributed by atoms with Crippen LogP contribution in [-0.4, -0.2) is 19.1 Å². The van der Waals surface area contributed by atoms with E-state index < -0.39 is 0 Å². The van der Waals surface area contributed by atoms with Gasteiger partial charge < -0.3 is 10.1 Å². The molecule has 4 heteroatoms. The number of carbonyl (C=O) groups excluding carboxylic acids is 1. The van der Waals surface area contributed by atoms with Crippen molar-refractivity contribution in [2.75, 3.05) is 13.2 Å². The van der Waals surface area contributed by atoms with Gasteiger partial charge in [0.15, 0.2) is 0 Å². The van der Waals surface area contributed by atoms with Crippen LogP contribution in [-0.2, 0) is 9.53 Å². The highest BCUT2D eigenvalue weighted by molar-refractivity contribution is 6.31. The van der Waals surface area contributed by atoms with Crippen LogP contribution in [0.3, 0.4) is 0 Å². The molecule has 1 N–H and O–H groups in total. The monoisotopic (exact) mass is 255 g/mol. The molecule has 1 atom stereocenters. The molecule has 0 bridgehead atoms. The first kappa shape index (κ1) is 14.0. The van der Waals surface area contributed by atoms with Crippen LogP contribution < -0.4 is 5.32 Å². The molecule has 1 rings (SSSR count). The summed E-state index contributed by atoms with van der Waals surface area (Å²) >= 11 is 6.08. The van der Waals surface area contributed by atoms with Crippen LogP contribution in [0.4, 0.5) is 0 Å². The van der Waals surface area contributed by atoms with Crippen molar-refractivity contribution in [3.05, 3.63) is 34.9 Å². The van der Waals surface area contributed by atoms with Crippen molar-refractivity contribution in [1.29, 1.82) is 0 Å². The second-order valence-electron chi connectivity index (χ2n) is 3.75. The Morgan fingerprint density at radius 1 is 1.47 bits per heavy atom. The van der Waals surface area contributed by atoms with Crippen molar-refractivity contribution >= 4 is 17.6 Å². The lowest BCUT2D eigenvalue weighted by Gasteiger charge is -2.15. The molecule has 0 saturated carbocycles. The number of esters is 1. The minimum atomic E-state index is -0.175. The lowest BCUT2D eigenvalue weighted by Crippen LogP contribution is -2.22. The first-order valence-electron chi connectivity index (χ1n) is 5.78. The molecule has 0 heterocycles. The van der Waals surface area contributed by atoms with E-state index in [0.29, 0.717) is 19.6 Å². The highest BCUT2D eigenvalue weighted by atomic mass is 35.5. The highest BCUT2D eigenvalue weighted by Gasteiger charge is 2.09. The largest absolute Gasteiger partial charge is 0.466 e. The average Bonchev–Trinajstić information content (AvgIpc) is 2.29. The number of hydrogen-bond acceptors (Lipinski definition) is 3. The van der Waals surface area contributed by atoms with Crippen molar-refractivity contribution in [2.45, 2.75) is 26.3 Å². The number of nitrogens with one attached hydrogen (secondary N) is 1. The summed E-state index contributed by atoms with van der Waals surface area (Å²) in [7, 11) is 0. The van der Waals surface area contributed by atoms with Crippen molar-refractivity contribution < 1.29 is 9.53 Å². The summed E-state index contributed by atoms with van der Waals surface area (Å²) in [6, 6.07) is 7.81. The van der Waals surface area contributed by atoms with E-state index >= 15 is 0 Å². The fourth-order valence-corrected chi connectivity index (χ4v) is 1.86. The Hall–Kier alpha value is -1.06. The topological polar surface area (TPSA) is 38.3 Å². The standard InChI is InChI=1S/C13H18ClNO2/c1-3-17-13(16)8-9-15-10(2)11-6-4-5-7-12(11)14/h4-7,10,15H,3,8-9H2,1-2H3/t10-/m0/s1. The molecule has 3 nitrogen and oxygen atoms in total. The Morgan fingerprint density at radius 3 is 2.82 bits per heavy atom. The normalized spacial score (nSPS) is 12.2. The molecule has 1 aromatic carbocycles. The van der Waals surface area contributed by atoms with Crippen molar-refractivity contribution in [2.24, 2.45) is 0 Å². The maximum Gasteiger partial charge on any atom is 0.307 e. The molecule has 0 aliphatic carbocycles. The second kappa shape index (κ2) is 7.30. The number of rotatable bonds is 6. The van der Waals surface area contributed by atoms with Crippen LogP contribution in [0.2, 0.25) is 5.02 Å². The van der Waals surface area contributed by atoms with Crippen molar-refractivity contribution in [3.8, 4) is 0 Å². The Balaban J connectivity index is 2.38. The van der Waals surface area contributed by atoms with Crippen molar-refractivity contribution in [3.63, 3.8) is 0 Å². The fourth-order valence-electron chi connectivity index (χ4n) is 1.56. The summed E-state index contributed by atoms with van der Waals surface area (Å²) in [5, 5.41) is 3.98. The van der Waals surface area contributed by atoms with E-state index in [0.717, 1.165) is 10.6 Å². The molecule has 0 amide bonds. The van der Waals surface area contributed by atoms with Gasteiger partial charge in [0.25, 0.3) is 0 Å². The Morgan fingerprint density at radius 2 is 2.18 bits per heavy atom. The lowest BCUT2D eigenvalue weighted by atomic mass is 10.1. The quantitative estimate of drug-likeness (QED) is 0.795. The van der Waals surface area contributed by atoms with Gasteiger partial charge in [0.05, 0.1) is 13.0 Å². The fraction of sp³-hybridized carbons (Fsp3) is 0.462. The molecule has 0 aliphatic rings. The zero-order valence-electron chi connectivity index (χ0n) is 10.2. The number of ether oxygens (including phenoxy) is 1. The van der Waals surface area contributed by atoms with Crippen LogP contribution in [0, 0.1) is 0 Å². The summed E-state index contributed by atoms with van der Waals surface area (Å²) in [6.07, 6.45) is 0.378.